The van der Waals surface area contributed by atoms with Crippen LogP contribution in [0.4, 0.5) is 0 Å². The molecular weight excluding hydrogens is 316 g/mol. The molecule has 6 heteroatoms. The average molecular weight is 340 g/mol. The second-order valence-corrected chi connectivity index (χ2v) is 6.79. The number of nitrogens with one attached hydrogen (secondary N) is 1. The van der Waals surface area contributed by atoms with Crippen molar-refractivity contribution in [1.82, 2.24) is 10.3 Å². The smallest absolute Gasteiger partial charge is 0.220 e. The van der Waals surface area contributed by atoms with E-state index in [-0.39, 0.29) is 17.7 Å². The van der Waals surface area contributed by atoms with Gasteiger partial charge < -0.3 is 10.1 Å². The normalized spacial score (nSPS) is 23.0. The van der Waals surface area contributed by atoms with Crippen LogP contribution in [0.2, 0.25) is 0 Å². The molecule has 1 fully saturated rings. The summed E-state index contributed by atoms with van der Waals surface area (Å²) in [5.74, 6) is 4.00. The topological polar surface area (TPSA) is 75.9 Å². The Labute approximate surface area is 148 Å². The van der Waals surface area contributed by atoms with Gasteiger partial charge in [-0.25, -0.2) is 0 Å². The Morgan fingerprint density at radius 2 is 2.12 bits per heavy atom. The summed E-state index contributed by atoms with van der Waals surface area (Å²) >= 11 is 0. The summed E-state index contributed by atoms with van der Waals surface area (Å²) in [5, 5.41) is 11.2. The third-order valence-electron chi connectivity index (χ3n) is 4.84. The van der Waals surface area contributed by atoms with E-state index in [1.165, 1.54) is 0 Å². The van der Waals surface area contributed by atoms with Crippen LogP contribution in [0.5, 0.6) is 5.75 Å². The van der Waals surface area contributed by atoms with Gasteiger partial charge in [0.05, 0.1) is 6.10 Å². The lowest BCUT2D eigenvalue weighted by Gasteiger charge is -2.15. The first-order valence-corrected chi connectivity index (χ1v) is 8.90. The first kappa shape index (κ1) is 17.4. The lowest BCUT2D eigenvalue weighted by atomic mass is 10.0. The summed E-state index contributed by atoms with van der Waals surface area (Å²) < 4.78 is 5.96. The van der Waals surface area contributed by atoms with Gasteiger partial charge in [0.2, 0.25) is 5.91 Å². The number of amides is 1. The molecule has 0 aromatic carbocycles. The summed E-state index contributed by atoms with van der Waals surface area (Å²) in [5.41, 5.74) is -0.374. The van der Waals surface area contributed by atoms with Crippen molar-refractivity contribution in [2.45, 2.75) is 56.7 Å². The highest BCUT2D eigenvalue weighted by Crippen LogP contribution is 2.37. The van der Waals surface area contributed by atoms with E-state index in [0.29, 0.717) is 31.7 Å². The lowest BCUT2D eigenvalue weighted by Crippen LogP contribution is -2.29. The number of nitrogens with zero attached hydrogens (tertiary/aromatic N) is 3. The molecule has 1 aliphatic carbocycles. The number of terminal acetylenes is 1. The van der Waals surface area contributed by atoms with E-state index in [2.05, 4.69) is 26.4 Å². The van der Waals surface area contributed by atoms with Crippen LogP contribution in [0, 0.1) is 18.3 Å². The fourth-order valence-corrected chi connectivity index (χ4v) is 3.26. The molecule has 1 aromatic rings. The first-order valence-electron chi connectivity index (χ1n) is 8.90. The van der Waals surface area contributed by atoms with Crippen molar-refractivity contribution in [3.8, 4) is 18.1 Å². The van der Waals surface area contributed by atoms with Gasteiger partial charge in [-0.15, -0.1) is 12.3 Å². The van der Waals surface area contributed by atoms with Crippen LogP contribution >= 0.6 is 0 Å². The highest BCUT2D eigenvalue weighted by molar-refractivity contribution is 5.76. The molecule has 2 atom stereocenters. The van der Waals surface area contributed by atoms with Gasteiger partial charge in [-0.2, -0.15) is 10.2 Å². The third kappa shape index (κ3) is 5.28. The molecule has 6 nitrogen and oxygen atoms in total. The predicted molar refractivity (Wildman–Crippen MR) is 93.9 cm³/mol. The molecule has 1 aliphatic heterocycles. The summed E-state index contributed by atoms with van der Waals surface area (Å²) in [6, 6.07) is 3.75. The number of hydrogen-bond donors (Lipinski definition) is 1. The van der Waals surface area contributed by atoms with Crippen molar-refractivity contribution >= 4 is 5.91 Å². The van der Waals surface area contributed by atoms with Gasteiger partial charge in [-0.1, -0.05) is 0 Å². The predicted octanol–water partition coefficient (Wildman–Crippen LogP) is 3.10. The summed E-state index contributed by atoms with van der Waals surface area (Å²) in [6.45, 7) is 0.709. The number of carbonyl (C=O) groups excluding carboxylic acids is 1. The number of ether oxygens (including phenoxy) is 1. The van der Waals surface area contributed by atoms with E-state index in [9.17, 15) is 4.79 Å². The molecule has 0 radical (unpaired) electrons. The van der Waals surface area contributed by atoms with Crippen molar-refractivity contribution in [1.29, 1.82) is 0 Å². The zero-order chi connectivity index (χ0) is 17.5. The molecule has 132 valence electrons. The summed E-state index contributed by atoms with van der Waals surface area (Å²) in [7, 11) is 0. The Morgan fingerprint density at radius 1 is 1.32 bits per heavy atom. The Morgan fingerprint density at radius 3 is 2.84 bits per heavy atom. The second kappa shape index (κ2) is 8.11. The molecule has 2 heterocycles. The van der Waals surface area contributed by atoms with Crippen LogP contribution < -0.4 is 10.1 Å². The van der Waals surface area contributed by atoms with Gasteiger partial charge in [0.15, 0.2) is 5.66 Å². The SMILES string of the molecule is C#CCCC1(CCC(=O)NCC2CCC(Oc3ccncc3)C2)N=N1. The van der Waals surface area contributed by atoms with Gasteiger partial charge >= 0.3 is 0 Å². The van der Waals surface area contributed by atoms with E-state index in [0.717, 1.165) is 31.4 Å². The molecule has 1 aromatic heterocycles. The molecule has 25 heavy (non-hydrogen) atoms. The van der Waals surface area contributed by atoms with Crippen LogP contribution in [-0.4, -0.2) is 29.2 Å². The quantitative estimate of drug-likeness (QED) is 0.702. The van der Waals surface area contributed by atoms with Crippen molar-refractivity contribution < 1.29 is 9.53 Å². The van der Waals surface area contributed by atoms with Crippen molar-refractivity contribution in [2.24, 2.45) is 16.1 Å². The lowest BCUT2D eigenvalue weighted by molar-refractivity contribution is -0.121. The molecule has 2 aliphatic rings. The van der Waals surface area contributed by atoms with Gasteiger partial charge in [0.1, 0.15) is 5.75 Å². The van der Waals surface area contributed by atoms with Crippen molar-refractivity contribution in [2.75, 3.05) is 6.54 Å². The van der Waals surface area contributed by atoms with Crippen LogP contribution in [0.3, 0.4) is 0 Å². The molecule has 0 saturated heterocycles. The maximum absolute atomic E-state index is 12.0. The van der Waals surface area contributed by atoms with Gasteiger partial charge in [-0.05, 0) is 37.3 Å². The minimum absolute atomic E-state index is 0.0656. The Kier molecular flexibility index (Phi) is 5.64. The molecule has 3 rings (SSSR count). The van der Waals surface area contributed by atoms with Gasteiger partial charge in [0, 0.05) is 44.6 Å². The van der Waals surface area contributed by atoms with Crippen LogP contribution in [-0.2, 0) is 4.79 Å². The number of hydrogen-bond acceptors (Lipinski definition) is 5. The van der Waals surface area contributed by atoms with Crippen LogP contribution in [0.25, 0.3) is 0 Å². The van der Waals surface area contributed by atoms with Crippen LogP contribution in [0.15, 0.2) is 34.8 Å². The average Bonchev–Trinajstić information content (AvgIpc) is 3.28. The van der Waals surface area contributed by atoms with Gasteiger partial charge in [-0.3, -0.25) is 9.78 Å². The molecule has 1 saturated carbocycles. The number of pyridine rings is 1. The molecule has 1 amide bonds. The van der Waals surface area contributed by atoms with E-state index < -0.39 is 0 Å². The third-order valence-corrected chi connectivity index (χ3v) is 4.84. The Balaban J connectivity index is 1.31. The summed E-state index contributed by atoms with van der Waals surface area (Å²) in [6.07, 6.45) is 14.5. The molecule has 2 unspecified atom stereocenters. The minimum Gasteiger partial charge on any atom is -0.490 e. The van der Waals surface area contributed by atoms with E-state index in [4.69, 9.17) is 11.2 Å². The minimum atomic E-state index is -0.374. The highest BCUT2D eigenvalue weighted by atomic mass is 16.5. The van der Waals surface area contributed by atoms with Gasteiger partial charge in [0.25, 0.3) is 0 Å². The Bertz CT molecular complexity index is 647. The monoisotopic (exact) mass is 340 g/mol. The zero-order valence-electron chi connectivity index (χ0n) is 14.4. The van der Waals surface area contributed by atoms with Crippen LogP contribution in [0.1, 0.15) is 44.9 Å². The standard InChI is InChI=1S/C19H24N4O2/c1-2-3-9-19(22-23-19)10-6-18(24)21-14-15-4-5-17(13-15)25-16-7-11-20-12-8-16/h1,7-8,11-12,15,17H,3-6,9-10,13-14H2,(H,21,24). The molecule has 1 N–H and O–H groups in total. The molecule has 0 spiro atoms. The first-order chi connectivity index (χ1) is 12.2. The fourth-order valence-electron chi connectivity index (χ4n) is 3.26. The van der Waals surface area contributed by atoms with E-state index in [1.54, 1.807) is 12.4 Å². The van der Waals surface area contributed by atoms with Crippen molar-refractivity contribution in [3.05, 3.63) is 24.5 Å². The van der Waals surface area contributed by atoms with Crippen molar-refractivity contribution in [3.63, 3.8) is 0 Å². The second-order valence-electron chi connectivity index (χ2n) is 6.79. The van der Waals surface area contributed by atoms with E-state index in [1.807, 2.05) is 12.1 Å². The zero-order valence-corrected chi connectivity index (χ0v) is 14.4. The largest absolute Gasteiger partial charge is 0.490 e. The number of aromatic nitrogens is 1. The number of rotatable bonds is 9. The highest BCUT2D eigenvalue weighted by Gasteiger charge is 2.39. The van der Waals surface area contributed by atoms with E-state index >= 15 is 0 Å². The Hall–Kier alpha value is -2.42. The number of carbonyl (C=O) groups is 1. The maximum Gasteiger partial charge on any atom is 0.220 e. The fraction of sp³-hybridized carbons (Fsp3) is 0.579. The summed E-state index contributed by atoms with van der Waals surface area (Å²) in [4.78, 5) is 16.0. The molecule has 0 bridgehead atoms. The maximum atomic E-state index is 12.0. The molecular formula is C19H24N4O2.